The van der Waals surface area contributed by atoms with Crippen LogP contribution in [-0.4, -0.2) is 31.9 Å². The second kappa shape index (κ2) is 9.27. The van der Waals surface area contributed by atoms with Crippen LogP contribution in [0.4, 0.5) is 5.82 Å². The monoisotopic (exact) mass is 488 g/mol. The summed E-state index contributed by atoms with van der Waals surface area (Å²) in [6.07, 6.45) is 11.6. The molecule has 6 nitrogen and oxygen atoms in total. The topological polar surface area (TPSA) is 81.1 Å². The van der Waals surface area contributed by atoms with Crippen molar-refractivity contribution in [3.63, 3.8) is 0 Å². The van der Waals surface area contributed by atoms with E-state index in [4.69, 9.17) is 15.7 Å². The molecule has 0 saturated heterocycles. The van der Waals surface area contributed by atoms with Crippen molar-refractivity contribution in [2.24, 2.45) is 5.92 Å². The quantitative estimate of drug-likeness (QED) is 0.297. The number of nitrogens with one attached hydrogen (secondary N) is 1. The smallest absolute Gasteiger partial charge is 0.150 e. The molecule has 2 fully saturated rings. The van der Waals surface area contributed by atoms with Gasteiger partial charge in [-0.3, -0.25) is 4.40 Å². The van der Waals surface area contributed by atoms with E-state index in [0.717, 1.165) is 70.1 Å². The molecule has 0 bridgehead atoms. The lowest BCUT2D eigenvalue weighted by molar-refractivity contribution is 0.268. The highest BCUT2D eigenvalue weighted by Gasteiger charge is 2.34. The number of nitrogens with zero attached hydrogens (tertiary/aromatic N) is 4. The highest BCUT2D eigenvalue weighted by atomic mass is 15.1. The first-order valence-electron chi connectivity index (χ1n) is 13.6. The lowest BCUT2D eigenvalue weighted by Gasteiger charge is -2.36. The molecule has 0 atom stereocenters. The van der Waals surface area contributed by atoms with Gasteiger partial charge < -0.3 is 11.1 Å². The summed E-state index contributed by atoms with van der Waals surface area (Å²) in [5.41, 5.74) is 12.2. The molecule has 2 aromatic carbocycles. The lowest BCUT2D eigenvalue weighted by atomic mass is 9.79. The van der Waals surface area contributed by atoms with E-state index in [0.29, 0.717) is 17.8 Å². The van der Waals surface area contributed by atoms with Gasteiger partial charge in [-0.05, 0) is 50.3 Å². The number of aromatic nitrogens is 4. The first-order valence-corrected chi connectivity index (χ1v) is 13.6. The van der Waals surface area contributed by atoms with Gasteiger partial charge in [0.05, 0.1) is 11.2 Å². The van der Waals surface area contributed by atoms with Crippen molar-refractivity contribution in [3.8, 4) is 22.5 Å². The van der Waals surface area contributed by atoms with Crippen LogP contribution in [0.25, 0.3) is 38.9 Å². The van der Waals surface area contributed by atoms with Crippen molar-refractivity contribution in [2.45, 2.75) is 50.5 Å². The molecule has 3 aromatic heterocycles. The highest BCUT2D eigenvalue weighted by molar-refractivity contribution is 5.91. The number of benzene rings is 2. The van der Waals surface area contributed by atoms with Crippen molar-refractivity contribution in [3.05, 3.63) is 78.9 Å². The average Bonchev–Trinajstić information content (AvgIpc) is 3.57. The zero-order chi connectivity index (χ0) is 24.8. The van der Waals surface area contributed by atoms with Gasteiger partial charge in [0.15, 0.2) is 0 Å². The molecule has 5 aromatic rings. The van der Waals surface area contributed by atoms with Crippen molar-refractivity contribution in [2.75, 3.05) is 12.3 Å². The number of rotatable bonds is 6. The van der Waals surface area contributed by atoms with Crippen LogP contribution in [0.15, 0.2) is 73.1 Å². The molecule has 0 spiro atoms. The number of hydrogen-bond acceptors (Lipinski definition) is 5. The molecule has 3 heterocycles. The normalized spacial score (nSPS) is 20.0. The van der Waals surface area contributed by atoms with Crippen molar-refractivity contribution in [1.82, 2.24) is 24.7 Å². The number of pyridine rings is 1. The van der Waals surface area contributed by atoms with Crippen LogP contribution in [0.2, 0.25) is 0 Å². The molecular weight excluding hydrogens is 456 g/mol. The Balaban J connectivity index is 1.21. The molecule has 2 aliphatic carbocycles. The van der Waals surface area contributed by atoms with Crippen LogP contribution in [0.5, 0.6) is 0 Å². The molecule has 0 unspecified atom stereocenters. The van der Waals surface area contributed by atoms with Gasteiger partial charge in [-0.2, -0.15) is 0 Å². The number of hydrogen-bond donors (Lipinski definition) is 2. The molecule has 2 saturated carbocycles. The Morgan fingerprint density at radius 2 is 1.73 bits per heavy atom. The number of anilines is 1. The van der Waals surface area contributed by atoms with Crippen LogP contribution in [0.3, 0.4) is 0 Å². The van der Waals surface area contributed by atoms with E-state index < -0.39 is 0 Å². The Labute approximate surface area is 217 Å². The number of nitrogen functional groups attached to an aromatic ring is 1. The first kappa shape index (κ1) is 22.4. The summed E-state index contributed by atoms with van der Waals surface area (Å²) in [6, 6.07) is 21.5. The maximum absolute atomic E-state index is 6.42. The summed E-state index contributed by atoms with van der Waals surface area (Å²) in [5, 5.41) is 4.92. The standard InChI is InChI=1S/C31H32N6/c32-30-29-28(23-11-10-22-12-13-26(35-27(22)18-23)21-8-2-1-3-9-21)36-31(37(29)15-14-33-30)24-16-25(17-24)34-19-20-6-4-5-7-20/h1-3,8-15,18,20,24-25,34H,4-7,16-17,19H2,(H2,32,33)/t24-,25+. The molecule has 186 valence electrons. The summed E-state index contributed by atoms with van der Waals surface area (Å²) < 4.78 is 2.16. The van der Waals surface area contributed by atoms with Gasteiger partial charge >= 0.3 is 0 Å². The molecular formula is C31H32N6. The van der Waals surface area contributed by atoms with Gasteiger partial charge in [0.2, 0.25) is 0 Å². The second-order valence-electron chi connectivity index (χ2n) is 10.7. The van der Waals surface area contributed by atoms with Crippen molar-refractivity contribution < 1.29 is 0 Å². The SMILES string of the molecule is Nc1nccn2c1c(-c1ccc3ccc(-c4ccccc4)nc3c1)nc2[C@H]1C[C@@H](NCC2CCCC2)C1. The fraction of sp³-hybridized carbons (Fsp3) is 0.323. The van der Waals surface area contributed by atoms with E-state index in [2.05, 4.69) is 57.2 Å². The zero-order valence-corrected chi connectivity index (χ0v) is 21.0. The van der Waals surface area contributed by atoms with E-state index in [1.54, 1.807) is 6.20 Å². The van der Waals surface area contributed by atoms with Crippen LogP contribution < -0.4 is 11.1 Å². The molecule has 37 heavy (non-hydrogen) atoms. The predicted molar refractivity (Wildman–Crippen MR) is 149 cm³/mol. The molecule has 7 rings (SSSR count). The molecule has 6 heteroatoms. The predicted octanol–water partition coefficient (Wildman–Crippen LogP) is 6.22. The Morgan fingerprint density at radius 3 is 2.57 bits per heavy atom. The van der Waals surface area contributed by atoms with E-state index >= 15 is 0 Å². The second-order valence-corrected chi connectivity index (χ2v) is 10.7. The number of imidazole rings is 1. The fourth-order valence-electron chi connectivity index (χ4n) is 6.15. The number of fused-ring (bicyclic) bond motifs is 2. The minimum absolute atomic E-state index is 0.424. The van der Waals surface area contributed by atoms with Gasteiger partial charge in [0.25, 0.3) is 0 Å². The van der Waals surface area contributed by atoms with Gasteiger partial charge in [0.1, 0.15) is 22.9 Å². The van der Waals surface area contributed by atoms with Gasteiger partial charge in [0, 0.05) is 40.9 Å². The van der Waals surface area contributed by atoms with Crippen LogP contribution in [0, 0.1) is 5.92 Å². The fourth-order valence-corrected chi connectivity index (χ4v) is 6.15. The molecule has 2 aliphatic rings. The Kier molecular flexibility index (Phi) is 5.62. The Hall–Kier alpha value is -3.77. The summed E-state index contributed by atoms with van der Waals surface area (Å²) in [7, 11) is 0. The van der Waals surface area contributed by atoms with Crippen LogP contribution in [-0.2, 0) is 0 Å². The largest absolute Gasteiger partial charge is 0.382 e. The van der Waals surface area contributed by atoms with Crippen LogP contribution >= 0.6 is 0 Å². The van der Waals surface area contributed by atoms with Crippen molar-refractivity contribution >= 4 is 22.2 Å². The number of nitrogens with two attached hydrogens (primary N) is 1. The van der Waals surface area contributed by atoms with E-state index in [1.165, 1.54) is 25.7 Å². The summed E-state index contributed by atoms with van der Waals surface area (Å²) >= 11 is 0. The van der Waals surface area contributed by atoms with E-state index in [-0.39, 0.29) is 0 Å². The summed E-state index contributed by atoms with van der Waals surface area (Å²) in [6.45, 7) is 1.16. The molecule has 0 aliphatic heterocycles. The maximum atomic E-state index is 6.42. The van der Waals surface area contributed by atoms with Gasteiger partial charge in [-0.1, -0.05) is 61.4 Å². The van der Waals surface area contributed by atoms with E-state index in [9.17, 15) is 0 Å². The summed E-state index contributed by atoms with van der Waals surface area (Å²) in [5.74, 6) is 2.89. The lowest BCUT2D eigenvalue weighted by Crippen LogP contribution is -2.42. The van der Waals surface area contributed by atoms with Crippen LogP contribution in [0.1, 0.15) is 50.3 Å². The van der Waals surface area contributed by atoms with E-state index in [1.807, 2.05) is 24.4 Å². The highest BCUT2D eigenvalue weighted by Crippen LogP contribution is 2.40. The summed E-state index contributed by atoms with van der Waals surface area (Å²) in [4.78, 5) is 14.6. The minimum atomic E-state index is 0.424. The van der Waals surface area contributed by atoms with Crippen molar-refractivity contribution in [1.29, 1.82) is 0 Å². The molecule has 3 N–H and O–H groups in total. The Bertz CT molecular complexity index is 1560. The van der Waals surface area contributed by atoms with Gasteiger partial charge in [-0.15, -0.1) is 0 Å². The minimum Gasteiger partial charge on any atom is -0.382 e. The Morgan fingerprint density at radius 1 is 0.919 bits per heavy atom. The zero-order valence-electron chi connectivity index (χ0n) is 21.0. The van der Waals surface area contributed by atoms with Gasteiger partial charge in [-0.25, -0.2) is 15.0 Å². The third-order valence-electron chi connectivity index (χ3n) is 8.32. The third-order valence-corrected chi connectivity index (χ3v) is 8.32. The third kappa shape index (κ3) is 4.15. The average molecular weight is 489 g/mol. The maximum Gasteiger partial charge on any atom is 0.150 e. The first-order chi connectivity index (χ1) is 18.2. The molecule has 0 radical (unpaired) electrons. The molecule has 0 amide bonds.